The second-order valence-corrected chi connectivity index (χ2v) is 5.76. The first-order valence-corrected chi connectivity index (χ1v) is 7.03. The quantitative estimate of drug-likeness (QED) is 0.761. The van der Waals surface area contributed by atoms with Crippen molar-refractivity contribution in [3.8, 4) is 5.75 Å². The fourth-order valence-electron chi connectivity index (χ4n) is 1.73. The van der Waals surface area contributed by atoms with Crippen LogP contribution in [0.1, 0.15) is 28.9 Å². The van der Waals surface area contributed by atoms with E-state index in [-0.39, 0.29) is 11.0 Å². The largest absolute Gasteiger partial charge is 0.495 e. The van der Waals surface area contributed by atoms with Gasteiger partial charge in [-0.05, 0) is 30.0 Å². The van der Waals surface area contributed by atoms with Crippen LogP contribution in [0.2, 0.25) is 0 Å². The molecule has 0 aliphatic carbocycles. The minimum atomic E-state index is 0.159. The van der Waals surface area contributed by atoms with Gasteiger partial charge >= 0.3 is 0 Å². The molecule has 1 atom stereocenters. The van der Waals surface area contributed by atoms with Crippen molar-refractivity contribution in [2.75, 3.05) is 12.9 Å². The van der Waals surface area contributed by atoms with Crippen LogP contribution in [0.4, 0.5) is 0 Å². The molecule has 1 aromatic heterocycles. The predicted molar refractivity (Wildman–Crippen MR) is 65.3 cm³/mol. The van der Waals surface area contributed by atoms with Crippen molar-refractivity contribution in [3.05, 3.63) is 16.3 Å². The average molecular weight is 242 g/mol. The van der Waals surface area contributed by atoms with Gasteiger partial charge in [0.2, 0.25) is 0 Å². The lowest BCUT2D eigenvalue weighted by molar-refractivity contribution is 0.0986. The molecule has 1 aliphatic rings. The van der Waals surface area contributed by atoms with E-state index in [0.29, 0.717) is 0 Å². The van der Waals surface area contributed by atoms with Crippen LogP contribution in [-0.4, -0.2) is 23.9 Å². The summed E-state index contributed by atoms with van der Waals surface area (Å²) >= 11 is 3.28. The van der Waals surface area contributed by atoms with Crippen molar-refractivity contribution in [2.45, 2.75) is 24.5 Å². The van der Waals surface area contributed by atoms with Crippen molar-refractivity contribution in [1.82, 2.24) is 0 Å². The van der Waals surface area contributed by atoms with Gasteiger partial charge < -0.3 is 4.74 Å². The number of methoxy groups -OCH3 is 1. The Balaban J connectivity index is 2.12. The third kappa shape index (κ3) is 2.37. The number of Topliss-reactive ketones (excluding diaryl/α,β-unsaturated/α-hetero) is 1. The van der Waals surface area contributed by atoms with Crippen molar-refractivity contribution in [1.29, 1.82) is 0 Å². The Bertz CT molecular complexity index is 340. The maximum absolute atomic E-state index is 12.2. The van der Waals surface area contributed by atoms with Crippen LogP contribution in [0.5, 0.6) is 5.75 Å². The molecule has 15 heavy (non-hydrogen) atoms. The standard InChI is InChI=1S/C11H14O2S2/c1-13-8-5-7-15-11(8)10(12)9-4-2-3-6-14-9/h5,7,9H,2-4,6H2,1H3. The zero-order chi connectivity index (χ0) is 10.7. The van der Waals surface area contributed by atoms with E-state index >= 15 is 0 Å². The Labute approximate surface area is 98.0 Å². The molecule has 1 fully saturated rings. The lowest BCUT2D eigenvalue weighted by Gasteiger charge is -2.19. The molecule has 0 N–H and O–H groups in total. The molecule has 1 unspecified atom stereocenters. The van der Waals surface area contributed by atoms with Crippen LogP contribution in [-0.2, 0) is 0 Å². The lowest BCUT2D eigenvalue weighted by Crippen LogP contribution is -2.20. The lowest BCUT2D eigenvalue weighted by atomic mass is 10.1. The van der Waals surface area contributed by atoms with Crippen LogP contribution in [0.25, 0.3) is 0 Å². The summed E-state index contributed by atoms with van der Waals surface area (Å²) in [4.78, 5) is 12.9. The second-order valence-electron chi connectivity index (χ2n) is 3.54. The maximum atomic E-state index is 12.2. The molecule has 0 saturated carbocycles. The van der Waals surface area contributed by atoms with Crippen LogP contribution >= 0.6 is 23.1 Å². The molecule has 82 valence electrons. The van der Waals surface area contributed by atoms with E-state index in [1.54, 1.807) is 18.9 Å². The Morgan fingerprint density at radius 1 is 1.53 bits per heavy atom. The number of rotatable bonds is 3. The van der Waals surface area contributed by atoms with E-state index in [9.17, 15) is 4.79 Å². The minimum Gasteiger partial charge on any atom is -0.495 e. The van der Waals surface area contributed by atoms with Crippen LogP contribution in [0.15, 0.2) is 11.4 Å². The highest BCUT2D eigenvalue weighted by Crippen LogP contribution is 2.33. The van der Waals surface area contributed by atoms with Gasteiger partial charge in [-0.3, -0.25) is 4.79 Å². The average Bonchev–Trinajstić information content (AvgIpc) is 2.77. The maximum Gasteiger partial charge on any atom is 0.189 e. The summed E-state index contributed by atoms with van der Waals surface area (Å²) in [5, 5.41) is 2.07. The van der Waals surface area contributed by atoms with Gasteiger partial charge in [0.25, 0.3) is 0 Å². The van der Waals surface area contributed by atoms with Crippen molar-refractivity contribution >= 4 is 28.9 Å². The van der Waals surface area contributed by atoms with E-state index in [1.807, 2.05) is 11.4 Å². The van der Waals surface area contributed by atoms with Crippen LogP contribution in [0, 0.1) is 0 Å². The van der Waals surface area contributed by atoms with Gasteiger partial charge in [0, 0.05) is 0 Å². The number of carbonyl (C=O) groups excluding carboxylic acids is 1. The number of hydrogen-bond acceptors (Lipinski definition) is 4. The van der Waals surface area contributed by atoms with Crippen molar-refractivity contribution in [3.63, 3.8) is 0 Å². The van der Waals surface area contributed by atoms with E-state index in [1.165, 1.54) is 24.2 Å². The SMILES string of the molecule is COc1ccsc1C(=O)C1CCCCS1. The van der Waals surface area contributed by atoms with Crippen molar-refractivity contribution < 1.29 is 9.53 Å². The fourth-order valence-corrected chi connectivity index (χ4v) is 3.92. The molecule has 1 aliphatic heterocycles. The minimum absolute atomic E-state index is 0.159. The zero-order valence-corrected chi connectivity index (χ0v) is 10.3. The molecule has 2 rings (SSSR count). The van der Waals surface area contributed by atoms with Gasteiger partial charge in [-0.2, -0.15) is 11.8 Å². The number of thiophene rings is 1. The third-order valence-electron chi connectivity index (χ3n) is 2.54. The number of hydrogen-bond donors (Lipinski definition) is 0. The smallest absolute Gasteiger partial charge is 0.189 e. The molecule has 4 heteroatoms. The number of carbonyl (C=O) groups is 1. The highest BCUT2D eigenvalue weighted by molar-refractivity contribution is 8.00. The van der Waals surface area contributed by atoms with E-state index < -0.39 is 0 Å². The molecule has 0 amide bonds. The summed E-state index contributed by atoms with van der Waals surface area (Å²) < 4.78 is 5.18. The summed E-state index contributed by atoms with van der Waals surface area (Å²) in [6, 6.07) is 1.87. The zero-order valence-electron chi connectivity index (χ0n) is 8.69. The summed E-state index contributed by atoms with van der Waals surface area (Å²) in [7, 11) is 1.62. The first kappa shape index (κ1) is 11.0. The van der Waals surface area contributed by atoms with Gasteiger partial charge in [-0.15, -0.1) is 11.3 Å². The van der Waals surface area contributed by atoms with Gasteiger partial charge in [-0.25, -0.2) is 0 Å². The van der Waals surface area contributed by atoms with E-state index in [2.05, 4.69) is 0 Å². The number of thioether (sulfide) groups is 1. The molecule has 2 nitrogen and oxygen atoms in total. The molecular formula is C11H14O2S2. The molecule has 2 heterocycles. The highest BCUT2D eigenvalue weighted by atomic mass is 32.2. The summed E-state index contributed by atoms with van der Waals surface area (Å²) in [6.07, 6.45) is 3.44. The molecule has 1 aromatic rings. The van der Waals surface area contributed by atoms with Crippen LogP contribution in [0.3, 0.4) is 0 Å². The molecule has 0 aromatic carbocycles. The van der Waals surface area contributed by atoms with E-state index in [4.69, 9.17) is 4.74 Å². The van der Waals surface area contributed by atoms with Gasteiger partial charge in [0.1, 0.15) is 10.6 Å². The third-order valence-corrected chi connectivity index (χ3v) is 4.83. The Kier molecular flexibility index (Phi) is 3.70. The first-order chi connectivity index (χ1) is 7.33. The van der Waals surface area contributed by atoms with Crippen molar-refractivity contribution in [2.24, 2.45) is 0 Å². The summed E-state index contributed by atoms with van der Waals surface area (Å²) in [6.45, 7) is 0. The summed E-state index contributed by atoms with van der Waals surface area (Å²) in [5.41, 5.74) is 0. The monoisotopic (exact) mass is 242 g/mol. The Morgan fingerprint density at radius 3 is 3.07 bits per heavy atom. The van der Waals surface area contributed by atoms with E-state index in [0.717, 1.165) is 22.8 Å². The van der Waals surface area contributed by atoms with Gasteiger partial charge in [0.05, 0.1) is 12.4 Å². The molecule has 1 saturated heterocycles. The highest BCUT2D eigenvalue weighted by Gasteiger charge is 2.26. The summed E-state index contributed by atoms with van der Waals surface area (Å²) in [5.74, 6) is 2.10. The Hall–Kier alpha value is -0.480. The normalized spacial score (nSPS) is 21.3. The van der Waals surface area contributed by atoms with Gasteiger partial charge in [0.15, 0.2) is 5.78 Å². The number of ketones is 1. The molecule has 0 spiro atoms. The second kappa shape index (κ2) is 5.03. The first-order valence-electron chi connectivity index (χ1n) is 5.10. The molecule has 0 radical (unpaired) electrons. The number of ether oxygens (including phenoxy) is 1. The molecular weight excluding hydrogens is 228 g/mol. The predicted octanol–water partition coefficient (Wildman–Crippen LogP) is 3.23. The topological polar surface area (TPSA) is 26.3 Å². The molecule has 0 bridgehead atoms. The van der Waals surface area contributed by atoms with Gasteiger partial charge in [-0.1, -0.05) is 6.42 Å². The van der Waals surface area contributed by atoms with Crippen LogP contribution < -0.4 is 4.74 Å². The fraction of sp³-hybridized carbons (Fsp3) is 0.545. The Morgan fingerprint density at radius 2 is 2.40 bits per heavy atom.